The molecule has 0 aliphatic carbocycles. The number of hydrogen-bond acceptors (Lipinski definition) is 5. The molecule has 0 aliphatic heterocycles. The molecule has 4 aromatic carbocycles. The minimum atomic E-state index is -0.697. The molecule has 1 amide bonds. The summed E-state index contributed by atoms with van der Waals surface area (Å²) in [5, 5.41) is 5.94. The normalized spacial score (nSPS) is 11.2. The Morgan fingerprint density at radius 2 is 1.77 bits per heavy atom. The SMILES string of the molecule is CCOc1ccc2[nH]c(C(=O)NN=Cc3cc(Br)cc(Br)c3OC(=O)c3ccc(Cl)cc3Cl)c(-c3ccccc3Cl)c2c1. The van der Waals surface area contributed by atoms with Crippen LogP contribution in [0.25, 0.3) is 22.0 Å². The first-order chi connectivity index (χ1) is 20.7. The lowest BCUT2D eigenvalue weighted by Gasteiger charge is -2.11. The van der Waals surface area contributed by atoms with Gasteiger partial charge in [0.2, 0.25) is 0 Å². The van der Waals surface area contributed by atoms with Crippen molar-refractivity contribution in [2.75, 3.05) is 6.61 Å². The smallest absolute Gasteiger partial charge is 0.345 e. The number of hydrazone groups is 1. The fourth-order valence-electron chi connectivity index (χ4n) is 4.34. The van der Waals surface area contributed by atoms with Gasteiger partial charge >= 0.3 is 5.97 Å². The quantitative estimate of drug-likeness (QED) is 0.0713. The van der Waals surface area contributed by atoms with Crippen LogP contribution >= 0.6 is 66.7 Å². The lowest BCUT2D eigenvalue weighted by atomic mass is 10.0. The van der Waals surface area contributed by atoms with Gasteiger partial charge in [-0.05, 0) is 77.5 Å². The molecule has 0 saturated heterocycles. The van der Waals surface area contributed by atoms with Crippen LogP contribution in [-0.4, -0.2) is 29.7 Å². The van der Waals surface area contributed by atoms with Gasteiger partial charge in [0.15, 0.2) is 5.75 Å². The zero-order valence-corrected chi connectivity index (χ0v) is 27.6. The van der Waals surface area contributed by atoms with Crippen molar-refractivity contribution in [3.8, 4) is 22.6 Å². The predicted octanol–water partition coefficient (Wildman–Crippen LogP) is 9.70. The molecule has 0 radical (unpaired) electrons. The van der Waals surface area contributed by atoms with Crippen LogP contribution in [0.5, 0.6) is 11.5 Å². The van der Waals surface area contributed by atoms with Gasteiger partial charge in [-0.3, -0.25) is 4.79 Å². The second kappa shape index (κ2) is 13.5. The third-order valence-corrected chi connectivity index (χ3v) is 8.13. The number of rotatable bonds is 8. The second-order valence-electron chi connectivity index (χ2n) is 9.01. The van der Waals surface area contributed by atoms with E-state index in [1.165, 1.54) is 24.4 Å². The van der Waals surface area contributed by atoms with Crippen LogP contribution < -0.4 is 14.9 Å². The highest BCUT2D eigenvalue weighted by molar-refractivity contribution is 9.11. The summed E-state index contributed by atoms with van der Waals surface area (Å²) in [4.78, 5) is 29.6. The molecular formula is C31H20Br2Cl3N3O4. The molecule has 0 fully saturated rings. The molecule has 12 heteroatoms. The van der Waals surface area contributed by atoms with Crippen LogP contribution in [-0.2, 0) is 0 Å². The fourth-order valence-corrected chi connectivity index (χ4v) is 6.40. The molecule has 43 heavy (non-hydrogen) atoms. The number of halogens is 5. The summed E-state index contributed by atoms with van der Waals surface area (Å²) >= 11 is 25.6. The van der Waals surface area contributed by atoms with E-state index >= 15 is 0 Å². The number of fused-ring (bicyclic) bond motifs is 1. The lowest BCUT2D eigenvalue weighted by Crippen LogP contribution is -2.19. The highest BCUT2D eigenvalue weighted by atomic mass is 79.9. The molecule has 0 saturated carbocycles. The summed E-state index contributed by atoms with van der Waals surface area (Å²) in [6.45, 7) is 2.39. The van der Waals surface area contributed by atoms with Crippen molar-refractivity contribution in [2.24, 2.45) is 5.10 Å². The van der Waals surface area contributed by atoms with E-state index in [1.54, 1.807) is 18.2 Å². The Balaban J connectivity index is 1.47. The number of nitrogens with one attached hydrogen (secondary N) is 2. The molecule has 7 nitrogen and oxygen atoms in total. The maximum absolute atomic E-state index is 13.5. The Morgan fingerprint density at radius 3 is 2.51 bits per heavy atom. The minimum absolute atomic E-state index is 0.135. The van der Waals surface area contributed by atoms with E-state index in [0.717, 1.165) is 10.9 Å². The molecule has 0 atom stereocenters. The first kappa shape index (κ1) is 31.1. The van der Waals surface area contributed by atoms with E-state index in [0.29, 0.717) is 48.0 Å². The monoisotopic (exact) mass is 761 g/mol. The van der Waals surface area contributed by atoms with Crippen molar-refractivity contribution in [3.63, 3.8) is 0 Å². The molecule has 1 aromatic heterocycles. The van der Waals surface area contributed by atoms with Crippen LogP contribution in [0, 0.1) is 0 Å². The number of amides is 1. The molecule has 5 rings (SSSR count). The number of ether oxygens (including phenoxy) is 2. The molecule has 2 N–H and O–H groups in total. The number of hydrogen-bond donors (Lipinski definition) is 2. The van der Waals surface area contributed by atoms with E-state index in [4.69, 9.17) is 44.3 Å². The van der Waals surface area contributed by atoms with E-state index in [2.05, 4.69) is 47.4 Å². The highest BCUT2D eigenvalue weighted by Crippen LogP contribution is 2.38. The summed E-state index contributed by atoms with van der Waals surface area (Å²) < 4.78 is 12.5. The Kier molecular flexibility index (Phi) is 9.78. The van der Waals surface area contributed by atoms with E-state index < -0.39 is 11.9 Å². The standard InChI is InChI=1S/C31H20Br2Cl3N3O4/c1-2-42-19-8-10-26-22(14-19)27(20-5-3-4-6-24(20)35)28(38-26)30(40)39-37-15-16-11-17(32)12-23(33)29(16)43-31(41)21-9-7-18(34)13-25(21)36/h3-15,38H,2H2,1H3,(H,39,40). The Morgan fingerprint density at radius 1 is 0.977 bits per heavy atom. The van der Waals surface area contributed by atoms with Gasteiger partial charge in [-0.15, -0.1) is 0 Å². The topological polar surface area (TPSA) is 92.8 Å². The van der Waals surface area contributed by atoms with Crippen LogP contribution in [0.4, 0.5) is 0 Å². The summed E-state index contributed by atoms with van der Waals surface area (Å²) in [5.74, 6) is -0.379. The van der Waals surface area contributed by atoms with Gasteiger partial charge in [0, 0.05) is 42.1 Å². The predicted molar refractivity (Wildman–Crippen MR) is 178 cm³/mol. The number of carbonyl (C=O) groups is 2. The first-order valence-corrected chi connectivity index (χ1v) is 15.4. The molecule has 218 valence electrons. The van der Waals surface area contributed by atoms with Gasteiger partial charge in [0.25, 0.3) is 5.91 Å². The molecule has 5 aromatic rings. The van der Waals surface area contributed by atoms with Crippen LogP contribution in [0.2, 0.25) is 15.1 Å². The Hall–Kier alpha value is -3.34. The van der Waals surface area contributed by atoms with Crippen molar-refractivity contribution < 1.29 is 19.1 Å². The summed E-state index contributed by atoms with van der Waals surface area (Å²) in [6, 6.07) is 20.6. The number of aromatic amines is 1. The van der Waals surface area contributed by atoms with Crippen molar-refractivity contribution in [1.82, 2.24) is 10.4 Å². The average molecular weight is 765 g/mol. The number of aromatic nitrogens is 1. The second-order valence-corrected chi connectivity index (χ2v) is 12.0. The molecule has 0 spiro atoms. The maximum Gasteiger partial charge on any atom is 0.345 e. The summed E-state index contributed by atoms with van der Waals surface area (Å²) in [5.41, 5.74) is 5.35. The third-order valence-electron chi connectivity index (χ3n) is 6.20. The largest absolute Gasteiger partial charge is 0.494 e. The lowest BCUT2D eigenvalue weighted by molar-refractivity contribution is 0.0733. The van der Waals surface area contributed by atoms with Crippen LogP contribution in [0.15, 0.2) is 86.8 Å². The molecule has 0 aliphatic rings. The van der Waals surface area contributed by atoms with E-state index in [1.807, 2.05) is 43.3 Å². The van der Waals surface area contributed by atoms with Gasteiger partial charge in [-0.2, -0.15) is 5.10 Å². The Bertz CT molecular complexity index is 1910. The molecule has 1 heterocycles. The van der Waals surface area contributed by atoms with Crippen molar-refractivity contribution in [1.29, 1.82) is 0 Å². The molecule has 0 bridgehead atoms. The highest BCUT2D eigenvalue weighted by Gasteiger charge is 2.22. The van der Waals surface area contributed by atoms with E-state index in [9.17, 15) is 9.59 Å². The maximum atomic E-state index is 13.5. The number of carbonyl (C=O) groups excluding carboxylic acids is 2. The number of benzene rings is 4. The first-order valence-electron chi connectivity index (χ1n) is 12.7. The zero-order chi connectivity index (χ0) is 30.7. The van der Waals surface area contributed by atoms with Crippen LogP contribution in [0.3, 0.4) is 0 Å². The van der Waals surface area contributed by atoms with Crippen molar-refractivity contribution >= 4 is 95.7 Å². The average Bonchev–Trinajstić information content (AvgIpc) is 3.34. The Labute approximate surface area is 278 Å². The van der Waals surface area contributed by atoms with E-state index in [-0.39, 0.29) is 22.0 Å². The third kappa shape index (κ3) is 6.92. The summed E-state index contributed by atoms with van der Waals surface area (Å²) in [6.07, 6.45) is 1.37. The van der Waals surface area contributed by atoms with Crippen molar-refractivity contribution in [3.05, 3.63) is 114 Å². The van der Waals surface area contributed by atoms with Gasteiger partial charge in [0.05, 0.1) is 27.9 Å². The van der Waals surface area contributed by atoms with Gasteiger partial charge in [-0.25, -0.2) is 10.2 Å². The molecule has 0 unspecified atom stereocenters. The molecular weight excluding hydrogens is 745 g/mol. The number of H-pyrrole nitrogens is 1. The van der Waals surface area contributed by atoms with Gasteiger partial charge in [-0.1, -0.05) is 68.9 Å². The van der Waals surface area contributed by atoms with Gasteiger partial charge in [0.1, 0.15) is 11.4 Å². The number of nitrogens with zero attached hydrogens (tertiary/aromatic N) is 1. The number of esters is 1. The van der Waals surface area contributed by atoms with Crippen molar-refractivity contribution in [2.45, 2.75) is 6.92 Å². The minimum Gasteiger partial charge on any atom is -0.494 e. The summed E-state index contributed by atoms with van der Waals surface area (Å²) in [7, 11) is 0. The van der Waals surface area contributed by atoms with Gasteiger partial charge < -0.3 is 14.5 Å². The fraction of sp³-hybridized carbons (Fsp3) is 0.0645. The zero-order valence-electron chi connectivity index (χ0n) is 22.2. The van der Waals surface area contributed by atoms with Crippen LogP contribution in [0.1, 0.15) is 33.3 Å².